The van der Waals surface area contributed by atoms with Gasteiger partial charge in [0.1, 0.15) is 23.1 Å². The molecule has 42 heavy (non-hydrogen) atoms. The van der Waals surface area contributed by atoms with Crippen molar-refractivity contribution in [3.63, 3.8) is 0 Å². The van der Waals surface area contributed by atoms with Gasteiger partial charge in [-0.2, -0.15) is 0 Å². The molecule has 2 N–H and O–H groups in total. The summed E-state index contributed by atoms with van der Waals surface area (Å²) in [5, 5.41) is 13.1. The predicted molar refractivity (Wildman–Crippen MR) is 153 cm³/mol. The lowest BCUT2D eigenvalue weighted by Gasteiger charge is -2.38. The molecule has 0 aromatic heterocycles. The second kappa shape index (κ2) is 11.4. The van der Waals surface area contributed by atoms with Crippen molar-refractivity contribution >= 4 is 11.8 Å². The molecule has 8 bridgehead atoms. The fourth-order valence-corrected chi connectivity index (χ4v) is 5.45. The van der Waals surface area contributed by atoms with Gasteiger partial charge in [0, 0.05) is 18.7 Å². The molecule has 0 saturated carbocycles. The summed E-state index contributed by atoms with van der Waals surface area (Å²) >= 11 is 0. The molecule has 214 valence electrons. The van der Waals surface area contributed by atoms with Crippen LogP contribution >= 0.6 is 0 Å². The van der Waals surface area contributed by atoms with Crippen LogP contribution in [0.3, 0.4) is 0 Å². The SMILES string of the molecule is COc1cc2c3cc1Oc1ccc(O)c(c1)C(=O)NCCCOc1cccc(c1)C2N(C(=O)c1cccc(F)c1)CC3. The molecule has 1 atom stereocenters. The highest BCUT2D eigenvalue weighted by Crippen LogP contribution is 2.43. The summed E-state index contributed by atoms with van der Waals surface area (Å²) in [5.41, 5.74) is 2.97. The van der Waals surface area contributed by atoms with Crippen molar-refractivity contribution in [3.05, 3.63) is 112 Å². The smallest absolute Gasteiger partial charge is 0.255 e. The molecule has 2 amide bonds. The van der Waals surface area contributed by atoms with E-state index in [1.165, 1.54) is 37.4 Å². The van der Waals surface area contributed by atoms with E-state index in [-0.39, 0.29) is 22.8 Å². The molecule has 0 spiro atoms. The van der Waals surface area contributed by atoms with Gasteiger partial charge < -0.3 is 29.5 Å². The zero-order valence-electron chi connectivity index (χ0n) is 22.9. The zero-order valence-corrected chi connectivity index (χ0v) is 22.9. The maximum absolute atomic E-state index is 14.1. The molecule has 0 aliphatic carbocycles. The van der Waals surface area contributed by atoms with E-state index in [1.54, 1.807) is 17.0 Å². The monoisotopic (exact) mass is 568 g/mol. The van der Waals surface area contributed by atoms with Crippen molar-refractivity contribution in [2.45, 2.75) is 18.9 Å². The van der Waals surface area contributed by atoms with Gasteiger partial charge in [-0.1, -0.05) is 18.2 Å². The maximum Gasteiger partial charge on any atom is 0.255 e. The van der Waals surface area contributed by atoms with Crippen molar-refractivity contribution in [2.75, 3.05) is 26.8 Å². The summed E-state index contributed by atoms with van der Waals surface area (Å²) in [6.07, 6.45) is 1.05. The lowest BCUT2D eigenvalue weighted by Crippen LogP contribution is -2.40. The molecule has 1 unspecified atom stereocenters. The predicted octanol–water partition coefficient (Wildman–Crippen LogP) is 5.63. The quantitative estimate of drug-likeness (QED) is 0.325. The number of nitrogens with one attached hydrogen (secondary N) is 1. The summed E-state index contributed by atoms with van der Waals surface area (Å²) < 4.78 is 32.0. The van der Waals surface area contributed by atoms with Gasteiger partial charge in [-0.15, -0.1) is 0 Å². The molecule has 4 aromatic carbocycles. The Balaban J connectivity index is 1.49. The first-order valence-corrected chi connectivity index (χ1v) is 13.7. The molecule has 9 heteroatoms. The number of nitrogens with zero attached hydrogens (tertiary/aromatic N) is 1. The summed E-state index contributed by atoms with van der Waals surface area (Å²) in [7, 11) is 1.53. The molecule has 0 radical (unpaired) electrons. The van der Waals surface area contributed by atoms with Crippen LogP contribution in [0.2, 0.25) is 0 Å². The van der Waals surface area contributed by atoms with Crippen molar-refractivity contribution in [2.24, 2.45) is 0 Å². The Morgan fingerprint density at radius 1 is 1.05 bits per heavy atom. The lowest BCUT2D eigenvalue weighted by atomic mass is 9.87. The molecule has 3 heterocycles. The van der Waals surface area contributed by atoms with Crippen molar-refractivity contribution in [1.29, 1.82) is 0 Å². The van der Waals surface area contributed by atoms with Gasteiger partial charge in [0.2, 0.25) is 0 Å². The van der Waals surface area contributed by atoms with Gasteiger partial charge in [0.05, 0.1) is 25.3 Å². The average molecular weight is 569 g/mol. The average Bonchev–Trinajstić information content (AvgIpc) is 3.00. The summed E-state index contributed by atoms with van der Waals surface area (Å²) in [4.78, 5) is 28.3. The number of amides is 2. The van der Waals surface area contributed by atoms with Crippen LogP contribution in [0.1, 0.15) is 49.9 Å². The van der Waals surface area contributed by atoms with Gasteiger partial charge >= 0.3 is 0 Å². The number of benzene rings is 4. The summed E-state index contributed by atoms with van der Waals surface area (Å²) in [6, 6.07) is 20.9. The highest BCUT2D eigenvalue weighted by atomic mass is 19.1. The Morgan fingerprint density at radius 3 is 2.74 bits per heavy atom. The van der Waals surface area contributed by atoms with E-state index in [2.05, 4.69) is 5.32 Å². The number of carbonyl (C=O) groups is 2. The van der Waals surface area contributed by atoms with Gasteiger partial charge in [-0.05, 0) is 90.2 Å². The Morgan fingerprint density at radius 2 is 1.90 bits per heavy atom. The van der Waals surface area contributed by atoms with Crippen LogP contribution in [0.25, 0.3) is 0 Å². The number of phenolic OH excluding ortho intramolecular Hbond substituents is 1. The molecule has 4 aromatic rings. The summed E-state index contributed by atoms with van der Waals surface area (Å²) in [5.74, 6) is 0.461. The van der Waals surface area contributed by atoms with Crippen LogP contribution in [0.15, 0.2) is 78.9 Å². The van der Waals surface area contributed by atoms with Gasteiger partial charge in [-0.3, -0.25) is 9.59 Å². The van der Waals surface area contributed by atoms with Crippen LogP contribution in [0, 0.1) is 5.82 Å². The summed E-state index contributed by atoms with van der Waals surface area (Å²) in [6.45, 7) is 1.05. The van der Waals surface area contributed by atoms with E-state index in [4.69, 9.17) is 14.2 Å². The molecule has 7 rings (SSSR count). The highest BCUT2D eigenvalue weighted by Gasteiger charge is 2.34. The number of methoxy groups -OCH3 is 1. The highest BCUT2D eigenvalue weighted by molar-refractivity contribution is 5.97. The van der Waals surface area contributed by atoms with Crippen LogP contribution in [0.5, 0.6) is 28.7 Å². The van der Waals surface area contributed by atoms with Crippen LogP contribution < -0.4 is 19.5 Å². The van der Waals surface area contributed by atoms with E-state index < -0.39 is 17.8 Å². The molecule has 0 fully saturated rings. The second-order valence-corrected chi connectivity index (χ2v) is 10.2. The normalized spacial score (nSPS) is 16.4. The number of phenols is 1. The molecule has 8 nitrogen and oxygen atoms in total. The van der Waals surface area contributed by atoms with Crippen molar-refractivity contribution in [3.8, 4) is 28.7 Å². The first-order valence-electron chi connectivity index (χ1n) is 13.7. The van der Waals surface area contributed by atoms with E-state index in [0.717, 1.165) is 16.7 Å². The van der Waals surface area contributed by atoms with Gasteiger partial charge in [0.15, 0.2) is 11.5 Å². The Hall–Kier alpha value is -5.05. The topological polar surface area (TPSA) is 97.3 Å². The Bertz CT molecular complexity index is 1670. The van der Waals surface area contributed by atoms with Crippen molar-refractivity contribution < 1.29 is 33.3 Å². The van der Waals surface area contributed by atoms with E-state index in [0.29, 0.717) is 55.5 Å². The Labute approximate surface area is 242 Å². The first kappa shape index (κ1) is 27.1. The van der Waals surface area contributed by atoms with E-state index in [9.17, 15) is 19.1 Å². The molecule has 0 saturated heterocycles. The largest absolute Gasteiger partial charge is 0.507 e. The van der Waals surface area contributed by atoms with Crippen LogP contribution in [-0.4, -0.2) is 48.6 Å². The minimum atomic E-state index is -0.505. The first-order chi connectivity index (χ1) is 20.4. The van der Waals surface area contributed by atoms with Crippen molar-refractivity contribution in [1.82, 2.24) is 10.2 Å². The second-order valence-electron chi connectivity index (χ2n) is 10.2. The minimum Gasteiger partial charge on any atom is -0.507 e. The number of rotatable bonds is 2. The number of fused-ring (bicyclic) bond motifs is 6. The van der Waals surface area contributed by atoms with Gasteiger partial charge in [-0.25, -0.2) is 4.39 Å². The number of hydrogen-bond acceptors (Lipinski definition) is 6. The standard InChI is InChI=1S/C33H29FN2O6/c1-40-29-19-26-20-11-13-36(33(39)22-6-2-7-23(34)15-22)31(26)21-5-3-8-24(16-21)41-14-4-12-35-32(38)27-18-25(9-10-28(27)37)42-30(29)17-20/h2-3,5-10,15-19,31,37H,4,11-14H2,1H3,(H,35,38). The lowest BCUT2D eigenvalue weighted by molar-refractivity contribution is 0.0693. The molecular formula is C33H29FN2O6. The Kier molecular flexibility index (Phi) is 7.39. The third-order valence-corrected chi connectivity index (χ3v) is 7.48. The molecule has 3 aliphatic rings. The number of carbonyl (C=O) groups excluding carboxylic acids is 2. The molecule has 3 aliphatic heterocycles. The third-order valence-electron chi connectivity index (χ3n) is 7.48. The van der Waals surface area contributed by atoms with Gasteiger partial charge in [0.25, 0.3) is 11.8 Å². The fourth-order valence-electron chi connectivity index (χ4n) is 5.45. The zero-order chi connectivity index (χ0) is 29.2. The van der Waals surface area contributed by atoms with E-state index >= 15 is 0 Å². The maximum atomic E-state index is 14.1. The van der Waals surface area contributed by atoms with Crippen LogP contribution in [0.4, 0.5) is 4.39 Å². The third kappa shape index (κ3) is 5.33. The molecular weight excluding hydrogens is 539 g/mol. The number of aromatic hydroxyl groups is 1. The number of halogens is 1. The van der Waals surface area contributed by atoms with E-state index in [1.807, 2.05) is 36.4 Å². The minimum absolute atomic E-state index is 0.0886. The number of ether oxygens (including phenoxy) is 3. The van der Waals surface area contributed by atoms with Crippen LogP contribution in [-0.2, 0) is 6.42 Å². The number of hydrogen-bond donors (Lipinski definition) is 2. The fraction of sp³-hybridized carbons (Fsp3) is 0.212.